The normalized spacial score (nSPS) is 20.5. The Labute approximate surface area is 160 Å². The van der Waals surface area contributed by atoms with Gasteiger partial charge in [-0.25, -0.2) is 4.98 Å². The molecule has 2 aliphatic rings. The van der Waals surface area contributed by atoms with E-state index in [-0.39, 0.29) is 5.92 Å². The standard InChI is InChI=1S/C23H27N3O/c1-16-24-12-13-25(16)15-18-10-11-21-22(23(18)27)19-8-4-5-9-20(19)26(21)14-17-6-2-3-7-17/h4-5,8-9,12-13,17-18H,2-3,6-7,10-11,14-15H2,1H3. The minimum absolute atomic E-state index is 0.0520. The van der Waals surface area contributed by atoms with E-state index in [1.807, 2.05) is 19.3 Å². The fourth-order valence-corrected chi connectivity index (χ4v) is 5.21. The van der Waals surface area contributed by atoms with Crippen molar-refractivity contribution in [2.75, 3.05) is 0 Å². The maximum absolute atomic E-state index is 13.5. The van der Waals surface area contributed by atoms with Gasteiger partial charge < -0.3 is 9.13 Å². The number of fused-ring (bicyclic) bond motifs is 3. The first kappa shape index (κ1) is 16.8. The molecule has 2 aromatic heterocycles. The highest BCUT2D eigenvalue weighted by Gasteiger charge is 2.33. The molecule has 5 rings (SSSR count). The molecule has 3 aromatic rings. The van der Waals surface area contributed by atoms with Gasteiger partial charge >= 0.3 is 0 Å². The Hall–Kier alpha value is -2.36. The summed E-state index contributed by atoms with van der Waals surface area (Å²) in [7, 11) is 0. The first-order valence-corrected chi connectivity index (χ1v) is 10.3. The quantitative estimate of drug-likeness (QED) is 0.671. The SMILES string of the molecule is Cc1nccn1CC1CCc2c(c3ccccc3n2CC2CCCC2)C1=O. The van der Waals surface area contributed by atoms with Gasteiger partial charge in [0.15, 0.2) is 5.78 Å². The molecule has 0 radical (unpaired) electrons. The van der Waals surface area contributed by atoms with Crippen LogP contribution in [0.2, 0.25) is 0 Å². The maximum atomic E-state index is 13.5. The van der Waals surface area contributed by atoms with Crippen molar-refractivity contribution in [1.82, 2.24) is 14.1 Å². The second-order valence-corrected chi connectivity index (χ2v) is 8.33. The van der Waals surface area contributed by atoms with Crippen molar-refractivity contribution in [2.24, 2.45) is 11.8 Å². The number of Topliss-reactive ketones (excluding diaryl/α,β-unsaturated/α-hetero) is 1. The van der Waals surface area contributed by atoms with Crippen LogP contribution in [0, 0.1) is 18.8 Å². The Morgan fingerprint density at radius 2 is 1.93 bits per heavy atom. The van der Waals surface area contributed by atoms with Crippen molar-refractivity contribution in [3.8, 4) is 0 Å². The lowest BCUT2D eigenvalue weighted by molar-refractivity contribution is 0.0887. The Kier molecular flexibility index (Phi) is 4.14. The van der Waals surface area contributed by atoms with Gasteiger partial charge in [0.05, 0.1) is 0 Å². The molecule has 1 saturated carbocycles. The Bertz CT molecular complexity index is 990. The number of hydrogen-bond acceptors (Lipinski definition) is 2. The van der Waals surface area contributed by atoms with E-state index in [1.165, 1.54) is 36.9 Å². The topological polar surface area (TPSA) is 39.8 Å². The number of nitrogens with zero attached hydrogens (tertiary/aromatic N) is 3. The third-order valence-electron chi connectivity index (χ3n) is 6.68. The van der Waals surface area contributed by atoms with Crippen LogP contribution in [0.25, 0.3) is 10.9 Å². The summed E-state index contributed by atoms with van der Waals surface area (Å²) in [4.78, 5) is 17.8. The molecule has 27 heavy (non-hydrogen) atoms. The summed E-state index contributed by atoms with van der Waals surface area (Å²) >= 11 is 0. The van der Waals surface area contributed by atoms with E-state index in [9.17, 15) is 4.79 Å². The molecule has 4 heteroatoms. The maximum Gasteiger partial charge on any atom is 0.170 e. The molecule has 1 aromatic carbocycles. The molecule has 4 nitrogen and oxygen atoms in total. The molecule has 0 amide bonds. The van der Waals surface area contributed by atoms with Crippen LogP contribution < -0.4 is 0 Å². The monoisotopic (exact) mass is 361 g/mol. The van der Waals surface area contributed by atoms with Gasteiger partial charge in [-0.1, -0.05) is 31.0 Å². The molecule has 0 bridgehead atoms. The van der Waals surface area contributed by atoms with Gasteiger partial charge in [0, 0.05) is 53.6 Å². The number of aromatic nitrogens is 3. The van der Waals surface area contributed by atoms with Crippen LogP contribution in [-0.4, -0.2) is 19.9 Å². The highest BCUT2D eigenvalue weighted by Crippen LogP contribution is 2.37. The van der Waals surface area contributed by atoms with Crippen LogP contribution in [-0.2, 0) is 19.5 Å². The number of hydrogen-bond donors (Lipinski definition) is 0. The van der Waals surface area contributed by atoms with E-state index in [1.54, 1.807) is 0 Å². The lowest BCUT2D eigenvalue weighted by atomic mass is 9.85. The fourth-order valence-electron chi connectivity index (χ4n) is 5.21. The third-order valence-corrected chi connectivity index (χ3v) is 6.68. The fraction of sp³-hybridized carbons (Fsp3) is 0.478. The highest BCUT2D eigenvalue weighted by atomic mass is 16.1. The molecular weight excluding hydrogens is 334 g/mol. The average Bonchev–Trinajstić information content (AvgIpc) is 3.39. The zero-order valence-electron chi connectivity index (χ0n) is 16.0. The lowest BCUT2D eigenvalue weighted by Gasteiger charge is -2.24. The summed E-state index contributed by atoms with van der Waals surface area (Å²) in [6.07, 6.45) is 11.1. The van der Waals surface area contributed by atoms with E-state index in [2.05, 4.69) is 38.4 Å². The molecule has 0 saturated heterocycles. The summed E-state index contributed by atoms with van der Waals surface area (Å²) in [5.41, 5.74) is 3.53. The van der Waals surface area contributed by atoms with E-state index in [0.717, 1.165) is 48.6 Å². The van der Waals surface area contributed by atoms with Crippen LogP contribution in [0.4, 0.5) is 0 Å². The van der Waals surface area contributed by atoms with Gasteiger partial charge in [-0.15, -0.1) is 0 Å². The Balaban J connectivity index is 1.53. The van der Waals surface area contributed by atoms with Crippen molar-refractivity contribution in [3.63, 3.8) is 0 Å². The Morgan fingerprint density at radius 3 is 2.70 bits per heavy atom. The number of aryl methyl sites for hydroxylation is 1. The minimum Gasteiger partial charge on any atom is -0.344 e. The van der Waals surface area contributed by atoms with Crippen LogP contribution in [0.5, 0.6) is 0 Å². The van der Waals surface area contributed by atoms with Gasteiger partial charge in [-0.2, -0.15) is 0 Å². The van der Waals surface area contributed by atoms with Gasteiger partial charge in [0.2, 0.25) is 0 Å². The first-order chi connectivity index (χ1) is 13.2. The zero-order valence-corrected chi connectivity index (χ0v) is 16.0. The molecular formula is C23H27N3O. The average molecular weight is 361 g/mol. The van der Waals surface area contributed by atoms with E-state index < -0.39 is 0 Å². The number of imidazole rings is 1. The predicted molar refractivity (Wildman–Crippen MR) is 107 cm³/mol. The summed E-state index contributed by atoms with van der Waals surface area (Å²) < 4.78 is 4.60. The largest absolute Gasteiger partial charge is 0.344 e. The van der Waals surface area contributed by atoms with Crippen LogP contribution in [0.3, 0.4) is 0 Å². The van der Waals surface area contributed by atoms with Crippen molar-refractivity contribution < 1.29 is 4.79 Å². The number of rotatable bonds is 4. The van der Waals surface area contributed by atoms with Crippen molar-refractivity contribution in [3.05, 3.63) is 53.7 Å². The van der Waals surface area contributed by atoms with E-state index in [0.29, 0.717) is 5.78 Å². The number of para-hydroxylation sites is 1. The summed E-state index contributed by atoms with van der Waals surface area (Å²) in [5, 5.41) is 1.16. The molecule has 1 unspecified atom stereocenters. The number of carbonyl (C=O) groups is 1. The number of carbonyl (C=O) groups excluding carboxylic acids is 1. The molecule has 1 fully saturated rings. The van der Waals surface area contributed by atoms with Gasteiger partial charge in [0.25, 0.3) is 0 Å². The summed E-state index contributed by atoms with van der Waals surface area (Å²) in [5.74, 6) is 2.13. The van der Waals surface area contributed by atoms with Crippen molar-refractivity contribution in [2.45, 2.75) is 58.5 Å². The number of ketones is 1. The summed E-state index contributed by atoms with van der Waals surface area (Å²) in [6, 6.07) is 8.52. The summed E-state index contributed by atoms with van der Waals surface area (Å²) in [6.45, 7) is 3.83. The second kappa shape index (κ2) is 6.66. The Morgan fingerprint density at radius 1 is 1.11 bits per heavy atom. The van der Waals surface area contributed by atoms with Crippen LogP contribution in [0.1, 0.15) is 54.0 Å². The molecule has 0 spiro atoms. The zero-order chi connectivity index (χ0) is 18.4. The molecule has 140 valence electrons. The molecule has 1 atom stereocenters. The molecule has 2 aliphatic carbocycles. The third kappa shape index (κ3) is 2.82. The van der Waals surface area contributed by atoms with Crippen molar-refractivity contribution in [1.29, 1.82) is 0 Å². The van der Waals surface area contributed by atoms with Crippen LogP contribution in [0.15, 0.2) is 36.7 Å². The molecule has 2 heterocycles. The molecule has 0 aliphatic heterocycles. The van der Waals surface area contributed by atoms with Gasteiger partial charge in [0.1, 0.15) is 5.82 Å². The smallest absolute Gasteiger partial charge is 0.170 e. The van der Waals surface area contributed by atoms with Gasteiger partial charge in [-0.3, -0.25) is 4.79 Å². The van der Waals surface area contributed by atoms with Crippen LogP contribution >= 0.6 is 0 Å². The van der Waals surface area contributed by atoms with Gasteiger partial charge in [-0.05, 0) is 44.6 Å². The van der Waals surface area contributed by atoms with Crippen molar-refractivity contribution >= 4 is 16.7 Å². The predicted octanol–water partition coefficient (Wildman–Crippen LogP) is 4.78. The second-order valence-electron chi connectivity index (χ2n) is 8.33. The highest BCUT2D eigenvalue weighted by molar-refractivity contribution is 6.11. The lowest BCUT2D eigenvalue weighted by Crippen LogP contribution is -2.27. The minimum atomic E-state index is 0.0520. The number of benzene rings is 1. The van der Waals surface area contributed by atoms with E-state index >= 15 is 0 Å². The molecule has 0 N–H and O–H groups in total. The first-order valence-electron chi connectivity index (χ1n) is 10.3. The van der Waals surface area contributed by atoms with E-state index in [4.69, 9.17) is 0 Å².